The molecule has 1 atom stereocenters. The minimum absolute atomic E-state index is 0.660. The quantitative estimate of drug-likeness (QED) is 0.745. The lowest BCUT2D eigenvalue weighted by Crippen LogP contribution is -2.23. The van der Waals surface area contributed by atoms with E-state index in [4.69, 9.17) is 0 Å². The molecule has 0 bridgehead atoms. The zero-order valence-corrected chi connectivity index (χ0v) is 8.75. The molecule has 1 aromatic heterocycles. The van der Waals surface area contributed by atoms with Crippen LogP contribution in [0.1, 0.15) is 19.7 Å². The number of nitrogens with zero attached hydrogens (tertiary/aromatic N) is 2. The van der Waals surface area contributed by atoms with Crippen LogP contribution >= 0.6 is 0 Å². The average Bonchev–Trinajstić information content (AvgIpc) is 2.48. The molecular formula is C10H19N3. The fourth-order valence-electron chi connectivity index (χ4n) is 1.39. The Balaban J connectivity index is 2.36. The molecule has 0 saturated heterocycles. The van der Waals surface area contributed by atoms with Gasteiger partial charge in [-0.05, 0) is 25.9 Å². The summed E-state index contributed by atoms with van der Waals surface area (Å²) >= 11 is 0. The van der Waals surface area contributed by atoms with Crippen molar-refractivity contribution in [2.75, 3.05) is 13.1 Å². The Morgan fingerprint density at radius 3 is 2.92 bits per heavy atom. The molecule has 0 aliphatic carbocycles. The molecule has 0 aliphatic rings. The van der Waals surface area contributed by atoms with E-state index in [0.29, 0.717) is 5.92 Å². The van der Waals surface area contributed by atoms with Gasteiger partial charge in [0.2, 0.25) is 0 Å². The largest absolute Gasteiger partial charge is 0.335 e. The normalized spacial score (nSPS) is 13.2. The zero-order valence-electron chi connectivity index (χ0n) is 8.75. The highest BCUT2D eigenvalue weighted by Gasteiger charge is 2.03. The first-order valence-corrected chi connectivity index (χ1v) is 4.92. The van der Waals surface area contributed by atoms with Crippen LogP contribution in [0.5, 0.6) is 0 Å². The van der Waals surface area contributed by atoms with E-state index in [0.717, 1.165) is 25.5 Å². The standard InChI is InChI=1S/C10H19N3/c1-4-11-7-9(2)8-13-6-5-12-10(13)3/h5-6,9,11H,4,7-8H2,1-3H3. The molecule has 1 unspecified atom stereocenters. The number of rotatable bonds is 5. The molecular weight excluding hydrogens is 162 g/mol. The Hall–Kier alpha value is -0.830. The molecule has 0 fully saturated rings. The Labute approximate surface area is 80.2 Å². The first-order chi connectivity index (χ1) is 6.24. The van der Waals surface area contributed by atoms with E-state index < -0.39 is 0 Å². The van der Waals surface area contributed by atoms with Crippen molar-refractivity contribution in [2.45, 2.75) is 27.3 Å². The van der Waals surface area contributed by atoms with Gasteiger partial charge in [0.25, 0.3) is 0 Å². The van der Waals surface area contributed by atoms with E-state index in [2.05, 4.69) is 28.7 Å². The number of aromatic nitrogens is 2. The van der Waals surface area contributed by atoms with Gasteiger partial charge in [-0.2, -0.15) is 0 Å². The smallest absolute Gasteiger partial charge is 0.105 e. The second-order valence-corrected chi connectivity index (χ2v) is 3.54. The van der Waals surface area contributed by atoms with E-state index in [9.17, 15) is 0 Å². The number of aryl methyl sites for hydroxylation is 1. The highest BCUT2D eigenvalue weighted by atomic mass is 15.1. The van der Waals surface area contributed by atoms with Crippen LogP contribution < -0.4 is 5.32 Å². The first-order valence-electron chi connectivity index (χ1n) is 4.92. The van der Waals surface area contributed by atoms with Crippen LogP contribution in [0, 0.1) is 12.8 Å². The van der Waals surface area contributed by atoms with Crippen molar-refractivity contribution in [1.29, 1.82) is 0 Å². The Kier molecular flexibility index (Phi) is 3.96. The summed E-state index contributed by atoms with van der Waals surface area (Å²) in [6.07, 6.45) is 3.90. The van der Waals surface area contributed by atoms with Gasteiger partial charge in [-0.1, -0.05) is 13.8 Å². The maximum Gasteiger partial charge on any atom is 0.105 e. The van der Waals surface area contributed by atoms with Gasteiger partial charge in [-0.25, -0.2) is 4.98 Å². The van der Waals surface area contributed by atoms with Crippen LogP contribution in [0.4, 0.5) is 0 Å². The molecule has 0 saturated carbocycles. The number of hydrogen-bond acceptors (Lipinski definition) is 2. The van der Waals surface area contributed by atoms with Crippen LogP contribution in [0.3, 0.4) is 0 Å². The van der Waals surface area contributed by atoms with Gasteiger partial charge in [-0.3, -0.25) is 0 Å². The van der Waals surface area contributed by atoms with Gasteiger partial charge < -0.3 is 9.88 Å². The molecule has 0 aliphatic heterocycles. The van der Waals surface area contributed by atoms with Crippen molar-refractivity contribution >= 4 is 0 Å². The van der Waals surface area contributed by atoms with Crippen molar-refractivity contribution in [1.82, 2.24) is 14.9 Å². The molecule has 0 radical (unpaired) electrons. The summed E-state index contributed by atoms with van der Waals surface area (Å²) in [6.45, 7) is 9.61. The van der Waals surface area contributed by atoms with E-state index in [-0.39, 0.29) is 0 Å². The Bertz CT molecular complexity index is 242. The topological polar surface area (TPSA) is 29.9 Å². The van der Waals surface area contributed by atoms with Crippen LogP contribution in [-0.2, 0) is 6.54 Å². The predicted octanol–water partition coefficient (Wildman–Crippen LogP) is 1.44. The molecule has 1 rings (SSSR count). The van der Waals surface area contributed by atoms with E-state index in [1.807, 2.05) is 19.3 Å². The summed E-state index contributed by atoms with van der Waals surface area (Å²) in [5, 5.41) is 3.35. The van der Waals surface area contributed by atoms with Gasteiger partial charge in [0.1, 0.15) is 5.82 Å². The lowest BCUT2D eigenvalue weighted by Gasteiger charge is -2.13. The van der Waals surface area contributed by atoms with Crippen molar-refractivity contribution in [3.8, 4) is 0 Å². The van der Waals surface area contributed by atoms with Gasteiger partial charge in [0.05, 0.1) is 0 Å². The molecule has 74 valence electrons. The summed E-state index contributed by atoms with van der Waals surface area (Å²) in [7, 11) is 0. The minimum atomic E-state index is 0.660. The van der Waals surface area contributed by atoms with E-state index in [1.165, 1.54) is 0 Å². The molecule has 0 amide bonds. The molecule has 3 heteroatoms. The van der Waals surface area contributed by atoms with Crippen LogP contribution in [0.15, 0.2) is 12.4 Å². The maximum atomic E-state index is 4.19. The lowest BCUT2D eigenvalue weighted by molar-refractivity contribution is 0.446. The van der Waals surface area contributed by atoms with Crippen molar-refractivity contribution in [2.24, 2.45) is 5.92 Å². The monoisotopic (exact) mass is 181 g/mol. The van der Waals surface area contributed by atoms with Crippen molar-refractivity contribution in [3.05, 3.63) is 18.2 Å². The summed E-state index contributed by atoms with van der Waals surface area (Å²) in [6, 6.07) is 0. The second kappa shape index (κ2) is 5.02. The molecule has 13 heavy (non-hydrogen) atoms. The molecule has 1 aromatic rings. The molecule has 0 spiro atoms. The molecule has 0 aromatic carbocycles. The minimum Gasteiger partial charge on any atom is -0.335 e. The van der Waals surface area contributed by atoms with E-state index >= 15 is 0 Å². The zero-order chi connectivity index (χ0) is 9.68. The highest BCUT2D eigenvalue weighted by Crippen LogP contribution is 2.02. The van der Waals surface area contributed by atoms with Gasteiger partial charge in [-0.15, -0.1) is 0 Å². The van der Waals surface area contributed by atoms with Crippen LogP contribution in [-0.4, -0.2) is 22.6 Å². The maximum absolute atomic E-state index is 4.19. The average molecular weight is 181 g/mol. The van der Waals surface area contributed by atoms with Crippen molar-refractivity contribution < 1.29 is 0 Å². The fourth-order valence-corrected chi connectivity index (χ4v) is 1.39. The Morgan fingerprint density at radius 2 is 2.38 bits per heavy atom. The summed E-state index contributed by atoms with van der Waals surface area (Å²) in [5.74, 6) is 1.76. The summed E-state index contributed by atoms with van der Waals surface area (Å²) in [4.78, 5) is 4.19. The molecule has 3 nitrogen and oxygen atoms in total. The number of imidazole rings is 1. The third-order valence-corrected chi connectivity index (χ3v) is 2.17. The lowest BCUT2D eigenvalue weighted by atomic mass is 10.2. The Morgan fingerprint density at radius 1 is 1.62 bits per heavy atom. The number of hydrogen-bond donors (Lipinski definition) is 1. The SMILES string of the molecule is CCNCC(C)Cn1ccnc1C. The number of nitrogens with one attached hydrogen (secondary N) is 1. The van der Waals surface area contributed by atoms with Crippen LogP contribution in [0.25, 0.3) is 0 Å². The van der Waals surface area contributed by atoms with E-state index in [1.54, 1.807) is 0 Å². The first kappa shape index (κ1) is 10.3. The van der Waals surface area contributed by atoms with Gasteiger partial charge in [0.15, 0.2) is 0 Å². The fraction of sp³-hybridized carbons (Fsp3) is 0.700. The summed E-state index contributed by atoms with van der Waals surface area (Å²) in [5.41, 5.74) is 0. The summed E-state index contributed by atoms with van der Waals surface area (Å²) < 4.78 is 2.20. The third kappa shape index (κ3) is 3.19. The van der Waals surface area contributed by atoms with Crippen molar-refractivity contribution in [3.63, 3.8) is 0 Å². The second-order valence-electron chi connectivity index (χ2n) is 3.54. The van der Waals surface area contributed by atoms with Crippen LogP contribution in [0.2, 0.25) is 0 Å². The van der Waals surface area contributed by atoms with Gasteiger partial charge in [0, 0.05) is 18.9 Å². The predicted molar refractivity (Wildman–Crippen MR) is 54.7 cm³/mol. The molecule has 1 heterocycles. The van der Waals surface area contributed by atoms with Gasteiger partial charge >= 0.3 is 0 Å². The molecule has 1 N–H and O–H groups in total. The third-order valence-electron chi connectivity index (χ3n) is 2.17. The highest BCUT2D eigenvalue weighted by molar-refractivity contribution is 4.88.